The van der Waals surface area contributed by atoms with E-state index in [0.29, 0.717) is 42.9 Å². The first-order valence-electron chi connectivity index (χ1n) is 13.7. The van der Waals surface area contributed by atoms with Gasteiger partial charge in [0.05, 0.1) is 5.41 Å². The van der Waals surface area contributed by atoms with Crippen molar-refractivity contribution in [1.82, 2.24) is 0 Å². The molecule has 5 aliphatic rings. The molecule has 5 fully saturated rings. The Hall–Kier alpha value is -0.990. The minimum atomic E-state index is -0.881. The average Bonchev–Trinajstić information content (AvgIpc) is 3.20. The van der Waals surface area contributed by atoms with Crippen LogP contribution in [0.25, 0.3) is 0 Å². The van der Waals surface area contributed by atoms with Crippen LogP contribution < -0.4 is 0 Å². The first kappa shape index (κ1) is 23.7. The van der Waals surface area contributed by atoms with Crippen LogP contribution >= 0.6 is 0 Å². The quantitative estimate of drug-likeness (QED) is 0.409. The van der Waals surface area contributed by atoms with E-state index in [2.05, 4.69) is 41.5 Å². The minimum Gasteiger partial charge on any atom is -0.299 e. The van der Waals surface area contributed by atoms with Gasteiger partial charge in [-0.2, -0.15) is 0 Å². The van der Waals surface area contributed by atoms with Gasteiger partial charge < -0.3 is 0 Å². The lowest BCUT2D eigenvalue weighted by molar-refractivity contribution is -0.196. The maximum Gasteiger partial charge on any atom is 0.153 e. The Bertz CT molecular complexity index is 931. The lowest BCUT2D eigenvalue weighted by Crippen LogP contribution is -2.67. The SMILES string of the molecule is CC(C)[C@H]1CC[C@@H]2[C@]1(C)CC[C@]1(C)C(=O)[C@@]3(CC[C@@]21C)C(=O)C[C@H]1C(C)(C)C(=O)CC[C@@]13C. The van der Waals surface area contributed by atoms with Crippen LogP contribution in [0.2, 0.25) is 0 Å². The highest BCUT2D eigenvalue weighted by molar-refractivity contribution is 6.13. The summed E-state index contributed by atoms with van der Waals surface area (Å²) in [4.78, 5) is 41.7. The van der Waals surface area contributed by atoms with E-state index >= 15 is 0 Å². The molecule has 0 N–H and O–H groups in total. The molecule has 184 valence electrons. The summed E-state index contributed by atoms with van der Waals surface area (Å²) in [7, 11) is 0. The van der Waals surface area contributed by atoms with Crippen molar-refractivity contribution in [2.45, 2.75) is 113 Å². The predicted octanol–water partition coefficient (Wildman–Crippen LogP) is 6.82. The summed E-state index contributed by atoms with van der Waals surface area (Å²) in [5, 5.41) is 0. The first-order chi connectivity index (χ1) is 15.1. The van der Waals surface area contributed by atoms with Gasteiger partial charge in [-0.1, -0.05) is 55.4 Å². The van der Waals surface area contributed by atoms with Crippen molar-refractivity contribution in [2.24, 2.45) is 56.2 Å². The van der Waals surface area contributed by atoms with E-state index < -0.39 is 16.2 Å². The van der Waals surface area contributed by atoms with Crippen molar-refractivity contribution in [3.8, 4) is 0 Å². The van der Waals surface area contributed by atoms with Gasteiger partial charge in [0, 0.05) is 23.7 Å². The Morgan fingerprint density at radius 3 is 2.03 bits per heavy atom. The smallest absolute Gasteiger partial charge is 0.153 e. The molecule has 0 heterocycles. The van der Waals surface area contributed by atoms with E-state index in [-0.39, 0.29) is 34.1 Å². The summed E-state index contributed by atoms with van der Waals surface area (Å²) < 4.78 is 0. The molecule has 0 aromatic carbocycles. The van der Waals surface area contributed by atoms with Crippen LogP contribution in [0.5, 0.6) is 0 Å². The van der Waals surface area contributed by atoms with Crippen molar-refractivity contribution in [1.29, 1.82) is 0 Å². The topological polar surface area (TPSA) is 51.2 Å². The zero-order valence-electron chi connectivity index (χ0n) is 22.4. The highest BCUT2D eigenvalue weighted by Gasteiger charge is 2.77. The highest BCUT2D eigenvalue weighted by atomic mass is 16.2. The molecule has 5 rings (SSSR count). The number of fused-ring (bicyclic) bond motifs is 5. The summed E-state index contributed by atoms with van der Waals surface area (Å²) in [6.45, 7) is 18.2. The van der Waals surface area contributed by atoms with Crippen LogP contribution in [0.4, 0.5) is 0 Å². The predicted molar refractivity (Wildman–Crippen MR) is 131 cm³/mol. The van der Waals surface area contributed by atoms with Crippen LogP contribution in [0.3, 0.4) is 0 Å². The molecule has 0 aliphatic heterocycles. The van der Waals surface area contributed by atoms with E-state index in [1.807, 2.05) is 13.8 Å². The van der Waals surface area contributed by atoms with Gasteiger partial charge in [-0.05, 0) is 84.9 Å². The van der Waals surface area contributed by atoms with Gasteiger partial charge in [-0.3, -0.25) is 14.4 Å². The molecule has 0 unspecified atom stereocenters. The van der Waals surface area contributed by atoms with Crippen LogP contribution in [0.1, 0.15) is 113 Å². The van der Waals surface area contributed by atoms with E-state index in [1.54, 1.807) is 0 Å². The highest BCUT2D eigenvalue weighted by Crippen LogP contribution is 2.77. The number of hydrogen-bond donors (Lipinski definition) is 0. The molecule has 0 bridgehead atoms. The molecule has 8 atom stereocenters. The molecule has 3 heteroatoms. The Morgan fingerprint density at radius 1 is 0.727 bits per heavy atom. The number of hydrogen-bond acceptors (Lipinski definition) is 3. The second-order valence-corrected chi connectivity index (χ2v) is 14.7. The zero-order chi connectivity index (χ0) is 24.4. The van der Waals surface area contributed by atoms with E-state index in [0.717, 1.165) is 25.2 Å². The molecule has 0 amide bonds. The normalized spacial score (nSPS) is 53.4. The number of ketones is 3. The fraction of sp³-hybridized carbons (Fsp3) is 0.900. The standard InChI is InChI=1S/C30H46O3/c1-18(2)19-9-10-20-26(19,5)13-14-29(8)24(33)30(16-15-27(20,29)6)23(32)17-21-25(3,4)22(31)11-12-28(21,30)7/h18-21H,9-17H2,1-8H3/t19-,20-,21+,26-,27+,28+,29-,30-/m1/s1. The van der Waals surface area contributed by atoms with Crippen LogP contribution in [0, 0.1) is 56.2 Å². The number of Topliss-reactive ketones (excluding diaryl/α,β-unsaturated/α-hetero) is 3. The Balaban J connectivity index is 1.59. The summed E-state index contributed by atoms with van der Waals surface area (Å²) in [5.41, 5.74) is -1.97. The third kappa shape index (κ3) is 2.41. The fourth-order valence-electron chi connectivity index (χ4n) is 11.1. The van der Waals surface area contributed by atoms with Gasteiger partial charge in [0.1, 0.15) is 11.6 Å². The Labute approximate surface area is 201 Å². The first-order valence-corrected chi connectivity index (χ1v) is 13.7. The monoisotopic (exact) mass is 454 g/mol. The summed E-state index contributed by atoms with van der Waals surface area (Å²) in [6, 6.07) is 0. The van der Waals surface area contributed by atoms with Gasteiger partial charge in [-0.15, -0.1) is 0 Å². The van der Waals surface area contributed by atoms with E-state index in [9.17, 15) is 14.4 Å². The third-order valence-corrected chi connectivity index (χ3v) is 13.4. The van der Waals surface area contributed by atoms with Crippen LogP contribution in [-0.2, 0) is 14.4 Å². The van der Waals surface area contributed by atoms with Gasteiger partial charge in [0.25, 0.3) is 0 Å². The van der Waals surface area contributed by atoms with Crippen LogP contribution in [0.15, 0.2) is 0 Å². The molecule has 0 radical (unpaired) electrons. The van der Waals surface area contributed by atoms with Gasteiger partial charge in [-0.25, -0.2) is 0 Å². The molecule has 3 nitrogen and oxygen atoms in total. The van der Waals surface area contributed by atoms with Crippen molar-refractivity contribution >= 4 is 17.3 Å². The maximum atomic E-state index is 14.9. The minimum absolute atomic E-state index is 0.0127. The van der Waals surface area contributed by atoms with Crippen molar-refractivity contribution in [3.05, 3.63) is 0 Å². The second-order valence-electron chi connectivity index (χ2n) is 14.7. The fourth-order valence-corrected chi connectivity index (χ4v) is 11.1. The summed E-state index contributed by atoms with van der Waals surface area (Å²) >= 11 is 0. The van der Waals surface area contributed by atoms with Gasteiger partial charge in [0.15, 0.2) is 5.78 Å². The van der Waals surface area contributed by atoms with Crippen molar-refractivity contribution < 1.29 is 14.4 Å². The summed E-state index contributed by atoms with van der Waals surface area (Å²) in [5.74, 6) is 2.65. The lowest BCUT2D eigenvalue weighted by Gasteiger charge is -2.66. The van der Waals surface area contributed by atoms with E-state index in [4.69, 9.17) is 0 Å². The van der Waals surface area contributed by atoms with Gasteiger partial charge in [0.2, 0.25) is 0 Å². The molecule has 5 saturated carbocycles. The Morgan fingerprint density at radius 2 is 1.39 bits per heavy atom. The Kier molecular flexibility index (Phi) is 4.75. The van der Waals surface area contributed by atoms with Crippen molar-refractivity contribution in [3.63, 3.8) is 0 Å². The lowest BCUT2D eigenvalue weighted by atomic mass is 9.36. The van der Waals surface area contributed by atoms with Crippen LogP contribution in [-0.4, -0.2) is 17.3 Å². The molecule has 5 aliphatic carbocycles. The van der Waals surface area contributed by atoms with Gasteiger partial charge >= 0.3 is 0 Å². The molecular formula is C30H46O3. The zero-order valence-corrected chi connectivity index (χ0v) is 22.4. The van der Waals surface area contributed by atoms with E-state index in [1.165, 1.54) is 12.8 Å². The molecule has 1 spiro atoms. The van der Waals surface area contributed by atoms with Crippen molar-refractivity contribution in [2.75, 3.05) is 0 Å². The third-order valence-electron chi connectivity index (χ3n) is 13.4. The number of carbonyl (C=O) groups is 3. The molecule has 0 aromatic rings. The molecule has 33 heavy (non-hydrogen) atoms. The molecular weight excluding hydrogens is 408 g/mol. The summed E-state index contributed by atoms with van der Waals surface area (Å²) in [6.07, 6.45) is 7.80. The average molecular weight is 455 g/mol. The number of carbonyl (C=O) groups excluding carboxylic acids is 3. The maximum absolute atomic E-state index is 14.9. The molecule has 0 aromatic heterocycles. The second kappa shape index (κ2) is 6.61. The molecule has 0 saturated heterocycles. The number of rotatable bonds is 1. The largest absolute Gasteiger partial charge is 0.299 e.